The molecule has 2 N–H and O–H groups in total. The number of hydrazone groups is 1. The maximum absolute atomic E-state index is 12.4. The monoisotopic (exact) mass is 531 g/mol. The average Bonchev–Trinajstić information content (AvgIpc) is 2.79. The van der Waals surface area contributed by atoms with Crippen molar-refractivity contribution in [2.75, 3.05) is 17.7 Å². The number of carbonyl (C=O) groups is 1. The third kappa shape index (κ3) is 6.33. The van der Waals surface area contributed by atoms with Gasteiger partial charge in [-0.15, -0.1) is 0 Å². The number of aromatic hydroxyl groups is 1. The minimum absolute atomic E-state index is 0.0332. The fourth-order valence-corrected chi connectivity index (χ4v) is 4.33. The smallest absolute Gasteiger partial charge is 0.271 e. The first-order valence-corrected chi connectivity index (χ1v) is 12.3. The predicted octanol–water partition coefficient (Wildman–Crippen LogP) is 3.89. The van der Waals surface area contributed by atoms with Gasteiger partial charge in [-0.25, -0.2) is 13.8 Å². The van der Waals surface area contributed by atoms with Crippen molar-refractivity contribution >= 4 is 43.8 Å². The molecule has 3 rings (SSSR count). The van der Waals surface area contributed by atoms with Crippen LogP contribution in [0.3, 0.4) is 0 Å². The number of ether oxygens (including phenoxy) is 1. The zero-order chi connectivity index (χ0) is 24.0. The number of phenols is 1. The van der Waals surface area contributed by atoms with Crippen LogP contribution in [0.4, 0.5) is 5.69 Å². The molecule has 172 valence electrons. The third-order valence-electron chi connectivity index (χ3n) is 4.64. The molecule has 0 unspecified atom stereocenters. The second-order valence-corrected chi connectivity index (χ2v) is 9.82. The molecule has 0 aromatic heterocycles. The van der Waals surface area contributed by atoms with Crippen molar-refractivity contribution in [3.8, 4) is 11.5 Å². The van der Waals surface area contributed by atoms with Crippen LogP contribution in [-0.4, -0.2) is 39.0 Å². The number of carbonyl (C=O) groups excluding carboxylic acids is 1. The summed E-state index contributed by atoms with van der Waals surface area (Å²) in [7, 11) is -2.10. The van der Waals surface area contributed by atoms with Crippen molar-refractivity contribution in [2.45, 2.75) is 6.54 Å². The molecule has 0 saturated heterocycles. The molecule has 3 aromatic carbocycles. The minimum atomic E-state index is -3.53. The summed E-state index contributed by atoms with van der Waals surface area (Å²) in [5, 5.41) is 13.8. The van der Waals surface area contributed by atoms with Gasteiger partial charge in [0.1, 0.15) is 0 Å². The molecule has 0 atom stereocenters. The number of benzene rings is 3. The summed E-state index contributed by atoms with van der Waals surface area (Å²) in [4.78, 5) is 12.4. The van der Waals surface area contributed by atoms with E-state index in [1.54, 1.807) is 24.3 Å². The van der Waals surface area contributed by atoms with Gasteiger partial charge in [-0.3, -0.25) is 9.10 Å². The van der Waals surface area contributed by atoms with Crippen LogP contribution in [0.25, 0.3) is 0 Å². The first-order valence-electron chi connectivity index (χ1n) is 9.70. The second-order valence-electron chi connectivity index (χ2n) is 7.05. The Labute approximate surface area is 200 Å². The van der Waals surface area contributed by atoms with Gasteiger partial charge in [-0.1, -0.05) is 30.3 Å². The topological polar surface area (TPSA) is 108 Å². The van der Waals surface area contributed by atoms with Crippen LogP contribution in [0.15, 0.2) is 76.3 Å². The Kier molecular flexibility index (Phi) is 7.72. The normalized spacial score (nSPS) is 11.4. The van der Waals surface area contributed by atoms with E-state index in [-0.39, 0.29) is 18.0 Å². The molecule has 0 fully saturated rings. The predicted molar refractivity (Wildman–Crippen MR) is 131 cm³/mol. The van der Waals surface area contributed by atoms with Crippen LogP contribution < -0.4 is 14.5 Å². The summed E-state index contributed by atoms with van der Waals surface area (Å²) in [5.74, 6) is -0.232. The molecule has 0 aliphatic rings. The Balaban J connectivity index is 1.71. The van der Waals surface area contributed by atoms with Crippen molar-refractivity contribution in [3.05, 3.63) is 87.9 Å². The molecule has 0 aliphatic carbocycles. The molecule has 0 spiro atoms. The Morgan fingerprint density at radius 3 is 2.42 bits per heavy atom. The first kappa shape index (κ1) is 24.3. The highest BCUT2D eigenvalue weighted by molar-refractivity contribution is 9.10. The van der Waals surface area contributed by atoms with Gasteiger partial charge >= 0.3 is 0 Å². The van der Waals surface area contributed by atoms with Gasteiger partial charge in [0.15, 0.2) is 11.5 Å². The summed E-state index contributed by atoms with van der Waals surface area (Å²) in [6.07, 6.45) is 2.55. The Morgan fingerprint density at radius 1 is 1.15 bits per heavy atom. The van der Waals surface area contributed by atoms with Crippen LogP contribution >= 0.6 is 15.9 Å². The van der Waals surface area contributed by atoms with E-state index in [4.69, 9.17) is 4.74 Å². The van der Waals surface area contributed by atoms with Crippen LogP contribution in [0.2, 0.25) is 0 Å². The van der Waals surface area contributed by atoms with Crippen molar-refractivity contribution in [1.82, 2.24) is 5.43 Å². The van der Waals surface area contributed by atoms with Crippen molar-refractivity contribution < 1.29 is 23.1 Å². The largest absolute Gasteiger partial charge is 0.503 e. The molecule has 0 saturated carbocycles. The Morgan fingerprint density at radius 2 is 1.82 bits per heavy atom. The first-order chi connectivity index (χ1) is 15.7. The number of amides is 1. The number of sulfonamides is 1. The van der Waals surface area contributed by atoms with E-state index < -0.39 is 15.9 Å². The van der Waals surface area contributed by atoms with Gasteiger partial charge in [0, 0.05) is 5.56 Å². The molecular weight excluding hydrogens is 510 g/mol. The SMILES string of the molecule is COc1cc(/C=N\NC(=O)c2ccc(N(Cc3ccccc3)S(C)(=O)=O)cc2)cc(Br)c1O. The highest BCUT2D eigenvalue weighted by Gasteiger charge is 2.18. The summed E-state index contributed by atoms with van der Waals surface area (Å²) >= 11 is 3.22. The van der Waals surface area contributed by atoms with Gasteiger partial charge in [0.25, 0.3) is 5.91 Å². The summed E-state index contributed by atoms with van der Waals surface area (Å²) in [5.41, 5.74) is 4.62. The van der Waals surface area contributed by atoms with Gasteiger partial charge in [0.2, 0.25) is 10.0 Å². The third-order valence-corrected chi connectivity index (χ3v) is 6.38. The zero-order valence-corrected chi connectivity index (χ0v) is 20.3. The Bertz CT molecular complexity index is 1260. The molecular formula is C23H22BrN3O5S. The molecule has 33 heavy (non-hydrogen) atoms. The quantitative estimate of drug-likeness (QED) is 0.338. The number of nitrogens with zero attached hydrogens (tertiary/aromatic N) is 2. The highest BCUT2D eigenvalue weighted by atomic mass is 79.9. The zero-order valence-electron chi connectivity index (χ0n) is 17.9. The van der Waals surface area contributed by atoms with Crippen molar-refractivity contribution in [3.63, 3.8) is 0 Å². The molecule has 0 radical (unpaired) electrons. The lowest BCUT2D eigenvalue weighted by atomic mass is 10.2. The number of anilines is 1. The average molecular weight is 532 g/mol. The molecule has 0 bridgehead atoms. The molecule has 0 heterocycles. The molecule has 1 amide bonds. The van der Waals surface area contributed by atoms with Crippen molar-refractivity contribution in [2.24, 2.45) is 5.10 Å². The molecule has 0 aliphatic heterocycles. The number of phenolic OH excluding ortho intramolecular Hbond substituents is 1. The van der Waals surface area contributed by atoms with Gasteiger partial charge in [-0.2, -0.15) is 5.10 Å². The van der Waals surface area contributed by atoms with Crippen LogP contribution in [-0.2, 0) is 16.6 Å². The van der Waals surface area contributed by atoms with E-state index in [9.17, 15) is 18.3 Å². The summed E-state index contributed by atoms with van der Waals surface area (Å²) in [6.45, 7) is 0.182. The summed E-state index contributed by atoms with van der Waals surface area (Å²) < 4.78 is 31.4. The fourth-order valence-electron chi connectivity index (χ4n) is 2.98. The lowest BCUT2D eigenvalue weighted by molar-refractivity contribution is 0.0955. The fraction of sp³-hybridized carbons (Fsp3) is 0.130. The van der Waals surface area contributed by atoms with E-state index in [2.05, 4.69) is 26.5 Å². The van der Waals surface area contributed by atoms with Crippen molar-refractivity contribution in [1.29, 1.82) is 0 Å². The minimum Gasteiger partial charge on any atom is -0.503 e. The Hall–Kier alpha value is -3.37. The number of rotatable bonds is 8. The summed E-state index contributed by atoms with van der Waals surface area (Å²) in [6, 6.07) is 18.6. The van der Waals surface area contributed by atoms with E-state index in [0.717, 1.165) is 11.8 Å². The lowest BCUT2D eigenvalue weighted by Gasteiger charge is -2.22. The number of methoxy groups -OCH3 is 1. The molecule has 10 heteroatoms. The van der Waals surface area contributed by atoms with Crippen LogP contribution in [0.5, 0.6) is 11.5 Å². The molecule has 8 nitrogen and oxygen atoms in total. The van der Waals surface area contributed by atoms with Crippen LogP contribution in [0.1, 0.15) is 21.5 Å². The number of nitrogens with one attached hydrogen (secondary N) is 1. The van der Waals surface area contributed by atoms with Crippen LogP contribution in [0, 0.1) is 0 Å². The maximum atomic E-state index is 12.4. The van der Waals surface area contributed by atoms with E-state index in [1.807, 2.05) is 30.3 Å². The van der Waals surface area contributed by atoms with E-state index in [0.29, 0.717) is 21.3 Å². The standard InChI is InChI=1S/C23H22BrN3O5S/c1-32-21-13-17(12-20(24)22(21)28)14-25-26-23(29)18-8-10-19(11-9-18)27(33(2,30)31)15-16-6-4-3-5-7-16/h3-14,28H,15H2,1-2H3,(H,26,29)/b25-14-. The number of hydrogen-bond donors (Lipinski definition) is 2. The highest BCUT2D eigenvalue weighted by Crippen LogP contribution is 2.34. The second kappa shape index (κ2) is 10.5. The lowest BCUT2D eigenvalue weighted by Crippen LogP contribution is -2.29. The van der Waals surface area contributed by atoms with Gasteiger partial charge in [-0.05, 0) is 63.5 Å². The van der Waals surface area contributed by atoms with E-state index >= 15 is 0 Å². The molecule has 3 aromatic rings. The number of hydrogen-bond acceptors (Lipinski definition) is 6. The van der Waals surface area contributed by atoms with E-state index in [1.165, 1.54) is 29.8 Å². The van der Waals surface area contributed by atoms with Gasteiger partial charge < -0.3 is 9.84 Å². The maximum Gasteiger partial charge on any atom is 0.271 e. The number of halogens is 1. The van der Waals surface area contributed by atoms with Gasteiger partial charge in [0.05, 0.1) is 36.3 Å².